The maximum atomic E-state index is 13.3. The molecule has 40 heavy (non-hydrogen) atoms. The van der Waals surface area contributed by atoms with Crippen LogP contribution in [0.3, 0.4) is 0 Å². The quantitative estimate of drug-likeness (QED) is 0.0587. The lowest BCUT2D eigenvalue weighted by Gasteiger charge is -2.26. The fourth-order valence-electron chi connectivity index (χ4n) is 3.55. The number of hydrogen-bond acceptors (Lipinski definition) is 8. The van der Waals surface area contributed by atoms with Crippen LogP contribution < -0.4 is 33.2 Å². The van der Waals surface area contributed by atoms with E-state index in [0.717, 1.165) is 0 Å². The fourth-order valence-corrected chi connectivity index (χ4v) is 3.55. The van der Waals surface area contributed by atoms with Gasteiger partial charge in [0.05, 0.1) is 12.5 Å². The van der Waals surface area contributed by atoms with Crippen LogP contribution in [-0.4, -0.2) is 81.7 Å². The standard InChI is InChI=1S/C25H39N7O8/c1-3-13(2)20(26)23(38)30-16(5-4-10-29-25(27)28)21(36)31-17(11-14-6-8-15(33)9-7-14)22(37)32-18(24(39)40)12-19(34)35/h6-9,13,16-18,20,33H,3-5,10-12,26H2,1-2H3,(H,30,38)(H,31,36)(H,32,37)(H,34,35)(H,39,40)(H4,27,28,29). The molecule has 0 heterocycles. The third-order valence-electron chi connectivity index (χ3n) is 6.14. The van der Waals surface area contributed by atoms with Crippen molar-refractivity contribution in [3.05, 3.63) is 29.8 Å². The monoisotopic (exact) mass is 565 g/mol. The Bertz CT molecular complexity index is 1060. The predicted molar refractivity (Wildman–Crippen MR) is 145 cm³/mol. The van der Waals surface area contributed by atoms with E-state index < -0.39 is 60.2 Å². The molecule has 1 aromatic carbocycles. The summed E-state index contributed by atoms with van der Waals surface area (Å²) in [6.07, 6.45) is -0.0581. The smallest absolute Gasteiger partial charge is 0.326 e. The highest BCUT2D eigenvalue weighted by molar-refractivity contribution is 5.94. The van der Waals surface area contributed by atoms with E-state index in [0.29, 0.717) is 12.0 Å². The molecular formula is C25H39N7O8. The SMILES string of the molecule is CCC(C)C(N)C(=O)NC(CCCN=C(N)N)C(=O)NC(Cc1ccc(O)cc1)C(=O)NC(CC(=O)O)C(=O)O. The summed E-state index contributed by atoms with van der Waals surface area (Å²) in [4.78, 5) is 65.6. The summed E-state index contributed by atoms with van der Waals surface area (Å²) in [7, 11) is 0. The van der Waals surface area contributed by atoms with E-state index in [9.17, 15) is 34.2 Å². The van der Waals surface area contributed by atoms with Crippen LogP contribution in [0.25, 0.3) is 0 Å². The highest BCUT2D eigenvalue weighted by Gasteiger charge is 2.31. The Morgan fingerprint density at radius 3 is 1.98 bits per heavy atom. The van der Waals surface area contributed by atoms with Crippen molar-refractivity contribution in [2.45, 2.75) is 70.1 Å². The Balaban J connectivity index is 3.22. The Morgan fingerprint density at radius 2 is 1.45 bits per heavy atom. The third kappa shape index (κ3) is 12.0. The van der Waals surface area contributed by atoms with Crippen molar-refractivity contribution in [2.24, 2.45) is 28.1 Å². The van der Waals surface area contributed by atoms with Crippen LogP contribution >= 0.6 is 0 Å². The van der Waals surface area contributed by atoms with Crippen LogP contribution in [0, 0.1) is 5.92 Å². The number of aliphatic carboxylic acids is 2. The van der Waals surface area contributed by atoms with Gasteiger partial charge in [0.25, 0.3) is 0 Å². The van der Waals surface area contributed by atoms with Gasteiger partial charge in [0.2, 0.25) is 17.7 Å². The van der Waals surface area contributed by atoms with Crippen molar-refractivity contribution in [1.82, 2.24) is 16.0 Å². The molecule has 0 saturated carbocycles. The normalized spacial score (nSPS) is 14.5. The van der Waals surface area contributed by atoms with E-state index in [1.54, 1.807) is 6.92 Å². The number of nitrogens with one attached hydrogen (secondary N) is 3. The average molecular weight is 566 g/mol. The Morgan fingerprint density at radius 1 is 0.900 bits per heavy atom. The van der Waals surface area contributed by atoms with Crippen molar-refractivity contribution < 1.29 is 39.3 Å². The Kier molecular flexibility index (Phi) is 13.9. The van der Waals surface area contributed by atoms with Gasteiger partial charge < -0.3 is 48.5 Å². The number of aliphatic imine (C=N–C) groups is 1. The number of carbonyl (C=O) groups is 5. The first kappa shape index (κ1) is 33.6. The summed E-state index contributed by atoms with van der Waals surface area (Å²) >= 11 is 0. The molecule has 12 N–H and O–H groups in total. The lowest BCUT2D eigenvalue weighted by Crippen LogP contribution is -2.58. The first-order valence-electron chi connectivity index (χ1n) is 12.7. The number of aromatic hydroxyl groups is 1. The number of rotatable bonds is 17. The van der Waals surface area contributed by atoms with E-state index in [-0.39, 0.29) is 43.4 Å². The number of amides is 3. The molecule has 15 nitrogen and oxygen atoms in total. The van der Waals surface area contributed by atoms with Crippen molar-refractivity contribution in [3.63, 3.8) is 0 Å². The molecule has 0 bridgehead atoms. The second-order valence-electron chi connectivity index (χ2n) is 9.35. The van der Waals surface area contributed by atoms with Crippen LogP contribution in [0.1, 0.15) is 45.1 Å². The van der Waals surface area contributed by atoms with Crippen molar-refractivity contribution in [1.29, 1.82) is 0 Å². The molecule has 1 rings (SSSR count). The highest BCUT2D eigenvalue weighted by Crippen LogP contribution is 2.13. The molecule has 0 saturated heterocycles. The number of carbonyl (C=O) groups excluding carboxylic acids is 3. The van der Waals surface area contributed by atoms with Crippen molar-refractivity contribution in [2.75, 3.05) is 6.54 Å². The number of carboxylic acid groups (broad SMARTS) is 2. The van der Waals surface area contributed by atoms with Crippen LogP contribution in [0.15, 0.2) is 29.3 Å². The topological polar surface area (TPSA) is 273 Å². The number of phenols is 1. The number of nitrogens with zero attached hydrogens (tertiary/aromatic N) is 1. The van der Waals surface area contributed by atoms with E-state index in [1.807, 2.05) is 6.92 Å². The lowest BCUT2D eigenvalue weighted by atomic mass is 9.98. The number of nitrogens with two attached hydrogens (primary N) is 3. The molecule has 0 fully saturated rings. The zero-order valence-electron chi connectivity index (χ0n) is 22.5. The summed E-state index contributed by atoms with van der Waals surface area (Å²) in [6, 6.07) is 0.531. The number of hydrogen-bond donors (Lipinski definition) is 9. The van der Waals surface area contributed by atoms with Gasteiger partial charge in [-0.15, -0.1) is 0 Å². The lowest BCUT2D eigenvalue weighted by molar-refractivity contribution is -0.147. The van der Waals surface area contributed by atoms with Gasteiger partial charge in [0.1, 0.15) is 23.9 Å². The molecule has 5 atom stereocenters. The number of guanidine groups is 1. The van der Waals surface area contributed by atoms with Gasteiger partial charge in [-0.1, -0.05) is 32.4 Å². The summed E-state index contributed by atoms with van der Waals surface area (Å²) < 4.78 is 0. The molecule has 0 radical (unpaired) electrons. The van der Waals surface area contributed by atoms with E-state index in [4.69, 9.17) is 22.3 Å². The molecular weight excluding hydrogens is 526 g/mol. The van der Waals surface area contributed by atoms with E-state index >= 15 is 0 Å². The van der Waals surface area contributed by atoms with Gasteiger partial charge in [-0.2, -0.15) is 0 Å². The van der Waals surface area contributed by atoms with Gasteiger partial charge in [-0.05, 0) is 36.5 Å². The van der Waals surface area contributed by atoms with Crippen LogP contribution in [0.2, 0.25) is 0 Å². The van der Waals surface area contributed by atoms with Gasteiger partial charge >= 0.3 is 11.9 Å². The zero-order chi connectivity index (χ0) is 30.4. The molecule has 0 aromatic heterocycles. The molecule has 222 valence electrons. The van der Waals surface area contributed by atoms with Gasteiger partial charge in [-0.25, -0.2) is 4.79 Å². The maximum Gasteiger partial charge on any atom is 0.326 e. The molecule has 5 unspecified atom stereocenters. The summed E-state index contributed by atoms with van der Waals surface area (Å²) in [5.41, 5.74) is 17.2. The summed E-state index contributed by atoms with van der Waals surface area (Å²) in [5, 5.41) is 35.2. The van der Waals surface area contributed by atoms with E-state index in [1.165, 1.54) is 24.3 Å². The molecule has 0 spiro atoms. The van der Waals surface area contributed by atoms with Crippen LogP contribution in [-0.2, 0) is 30.4 Å². The molecule has 15 heteroatoms. The first-order chi connectivity index (χ1) is 18.7. The molecule has 0 aliphatic heterocycles. The maximum absolute atomic E-state index is 13.3. The van der Waals surface area contributed by atoms with Crippen molar-refractivity contribution in [3.8, 4) is 5.75 Å². The largest absolute Gasteiger partial charge is 0.508 e. The minimum Gasteiger partial charge on any atom is -0.508 e. The predicted octanol–water partition coefficient (Wildman–Crippen LogP) is -1.62. The molecule has 1 aromatic rings. The Hall–Kier alpha value is -4.40. The number of phenolic OH excluding ortho intramolecular Hbond substituents is 1. The highest BCUT2D eigenvalue weighted by atomic mass is 16.4. The van der Waals surface area contributed by atoms with Gasteiger partial charge in [0.15, 0.2) is 5.96 Å². The summed E-state index contributed by atoms with van der Waals surface area (Å²) in [5.74, 6) is -5.70. The second kappa shape index (κ2) is 16.5. The van der Waals surface area contributed by atoms with E-state index in [2.05, 4.69) is 20.9 Å². The minimum atomic E-state index is -1.76. The number of carboxylic acids is 2. The zero-order valence-corrected chi connectivity index (χ0v) is 22.5. The second-order valence-corrected chi connectivity index (χ2v) is 9.35. The van der Waals surface area contributed by atoms with Crippen LogP contribution in [0.4, 0.5) is 0 Å². The average Bonchev–Trinajstić information content (AvgIpc) is 2.89. The molecule has 0 aliphatic carbocycles. The van der Waals surface area contributed by atoms with Gasteiger partial charge in [-0.3, -0.25) is 24.2 Å². The molecule has 3 amide bonds. The minimum absolute atomic E-state index is 0.0395. The fraction of sp³-hybridized carbons (Fsp3) is 0.520. The molecule has 0 aliphatic rings. The van der Waals surface area contributed by atoms with Crippen LogP contribution in [0.5, 0.6) is 5.75 Å². The van der Waals surface area contributed by atoms with Crippen molar-refractivity contribution >= 4 is 35.6 Å². The Labute approximate surface area is 231 Å². The third-order valence-corrected chi connectivity index (χ3v) is 6.14. The number of benzene rings is 1. The van der Waals surface area contributed by atoms with Gasteiger partial charge in [0, 0.05) is 13.0 Å². The summed E-state index contributed by atoms with van der Waals surface area (Å²) in [6.45, 7) is 3.80. The first-order valence-corrected chi connectivity index (χ1v) is 12.7.